The molecule has 17 heavy (non-hydrogen) atoms. The van der Waals surface area contributed by atoms with E-state index in [1.165, 1.54) is 19.4 Å². The molecule has 2 nitrogen and oxygen atoms in total. The van der Waals surface area contributed by atoms with Gasteiger partial charge in [0.05, 0.1) is 4.47 Å². The molecule has 0 spiro atoms. The summed E-state index contributed by atoms with van der Waals surface area (Å²) in [6, 6.07) is 6.11. The molecule has 1 unspecified atom stereocenters. The summed E-state index contributed by atoms with van der Waals surface area (Å²) in [5.74, 6) is -0.170. The van der Waals surface area contributed by atoms with Crippen LogP contribution in [0.15, 0.2) is 22.7 Å². The number of halogens is 2. The Balaban J connectivity index is 1.78. The molecule has 0 amide bonds. The topological polar surface area (TPSA) is 6.48 Å². The first-order chi connectivity index (χ1) is 8.24. The van der Waals surface area contributed by atoms with Gasteiger partial charge in [-0.05, 0) is 53.5 Å². The van der Waals surface area contributed by atoms with E-state index in [9.17, 15) is 4.39 Å². The maximum Gasteiger partial charge on any atom is 0.139 e. The summed E-state index contributed by atoms with van der Waals surface area (Å²) < 4.78 is 14.1. The number of hydrogen-bond acceptors (Lipinski definition) is 2. The van der Waals surface area contributed by atoms with E-state index in [1.54, 1.807) is 12.1 Å². The van der Waals surface area contributed by atoms with Crippen molar-refractivity contribution in [2.45, 2.75) is 18.9 Å². The lowest BCUT2D eigenvalue weighted by atomic mass is 10.1. The van der Waals surface area contributed by atoms with Crippen LogP contribution >= 0.6 is 15.9 Å². The molecular formula is C13H16BrFN2. The summed E-state index contributed by atoms with van der Waals surface area (Å²) in [4.78, 5) is 4.87. The fourth-order valence-corrected chi connectivity index (χ4v) is 3.15. The van der Waals surface area contributed by atoms with Gasteiger partial charge in [-0.1, -0.05) is 0 Å². The highest BCUT2D eigenvalue weighted by Crippen LogP contribution is 2.27. The maximum absolute atomic E-state index is 13.5. The lowest BCUT2D eigenvalue weighted by Gasteiger charge is -2.38. The van der Waals surface area contributed by atoms with Crippen molar-refractivity contribution >= 4 is 21.6 Å². The molecule has 1 atom stereocenters. The Kier molecular flexibility index (Phi) is 3.09. The minimum Gasteiger partial charge on any atom is -0.369 e. The van der Waals surface area contributed by atoms with Crippen molar-refractivity contribution in [3.63, 3.8) is 0 Å². The van der Waals surface area contributed by atoms with Gasteiger partial charge in [-0.25, -0.2) is 4.39 Å². The van der Waals surface area contributed by atoms with Gasteiger partial charge in [0, 0.05) is 31.4 Å². The molecule has 1 aromatic carbocycles. The number of hydrogen-bond donors (Lipinski definition) is 0. The Morgan fingerprint density at radius 1 is 1.24 bits per heavy atom. The number of piperazine rings is 1. The van der Waals surface area contributed by atoms with Crippen LogP contribution < -0.4 is 4.90 Å². The monoisotopic (exact) mass is 298 g/mol. The molecule has 0 radical (unpaired) electrons. The highest BCUT2D eigenvalue weighted by atomic mass is 79.9. The van der Waals surface area contributed by atoms with E-state index in [0.717, 1.165) is 25.3 Å². The highest BCUT2D eigenvalue weighted by molar-refractivity contribution is 9.10. The molecule has 1 aromatic rings. The zero-order valence-corrected chi connectivity index (χ0v) is 11.3. The summed E-state index contributed by atoms with van der Waals surface area (Å²) in [6.07, 6.45) is 2.60. The van der Waals surface area contributed by atoms with Crippen molar-refractivity contribution in [1.82, 2.24) is 4.90 Å². The van der Waals surface area contributed by atoms with Gasteiger partial charge in [0.1, 0.15) is 5.82 Å². The quantitative estimate of drug-likeness (QED) is 0.787. The number of nitrogens with zero attached hydrogens (tertiary/aromatic N) is 2. The molecule has 2 aliphatic rings. The molecule has 2 aliphatic heterocycles. The zero-order valence-electron chi connectivity index (χ0n) is 9.70. The van der Waals surface area contributed by atoms with Crippen molar-refractivity contribution in [2.75, 3.05) is 31.1 Å². The van der Waals surface area contributed by atoms with Crippen LogP contribution in [0.5, 0.6) is 0 Å². The summed E-state index contributed by atoms with van der Waals surface area (Å²) in [6.45, 7) is 4.41. The Morgan fingerprint density at radius 2 is 2.12 bits per heavy atom. The number of rotatable bonds is 1. The lowest BCUT2D eigenvalue weighted by Crippen LogP contribution is -2.50. The SMILES string of the molecule is Fc1cc(N2CCN3CCCC3C2)ccc1Br. The third-order valence-corrected chi connectivity index (χ3v) is 4.50. The minimum absolute atomic E-state index is 0.170. The molecule has 92 valence electrons. The molecule has 2 fully saturated rings. The third-order valence-electron chi connectivity index (χ3n) is 3.86. The average Bonchev–Trinajstić information content (AvgIpc) is 2.79. The molecule has 0 saturated carbocycles. The first-order valence-electron chi connectivity index (χ1n) is 6.18. The molecule has 0 aliphatic carbocycles. The van der Waals surface area contributed by atoms with E-state index in [-0.39, 0.29) is 5.82 Å². The zero-order chi connectivity index (χ0) is 11.8. The molecule has 2 saturated heterocycles. The van der Waals surface area contributed by atoms with Gasteiger partial charge in [0.15, 0.2) is 0 Å². The van der Waals surface area contributed by atoms with E-state index >= 15 is 0 Å². The fraction of sp³-hybridized carbons (Fsp3) is 0.538. The van der Waals surface area contributed by atoms with Gasteiger partial charge in [0.25, 0.3) is 0 Å². The van der Waals surface area contributed by atoms with Crippen LogP contribution in [0.3, 0.4) is 0 Å². The molecule has 2 heterocycles. The van der Waals surface area contributed by atoms with Crippen LogP contribution in [0.1, 0.15) is 12.8 Å². The van der Waals surface area contributed by atoms with E-state index in [4.69, 9.17) is 0 Å². The Bertz CT molecular complexity index is 424. The Morgan fingerprint density at radius 3 is 2.94 bits per heavy atom. The Hall–Kier alpha value is -0.610. The van der Waals surface area contributed by atoms with E-state index in [2.05, 4.69) is 25.7 Å². The Labute approximate surface area is 110 Å². The second-order valence-corrected chi connectivity index (χ2v) is 5.73. The van der Waals surface area contributed by atoms with Gasteiger partial charge in [-0.15, -0.1) is 0 Å². The number of benzene rings is 1. The number of fused-ring (bicyclic) bond motifs is 1. The minimum atomic E-state index is -0.170. The van der Waals surface area contributed by atoms with Gasteiger partial charge in [0.2, 0.25) is 0 Å². The van der Waals surface area contributed by atoms with Crippen molar-refractivity contribution in [3.8, 4) is 0 Å². The molecular weight excluding hydrogens is 283 g/mol. The first kappa shape index (κ1) is 11.5. The van der Waals surface area contributed by atoms with E-state index in [0.29, 0.717) is 10.5 Å². The number of anilines is 1. The highest BCUT2D eigenvalue weighted by Gasteiger charge is 2.30. The van der Waals surface area contributed by atoms with Crippen LogP contribution in [0, 0.1) is 5.82 Å². The summed E-state index contributed by atoms with van der Waals surface area (Å²) in [5, 5.41) is 0. The normalized spacial score (nSPS) is 25.1. The molecule has 0 aromatic heterocycles. The molecule has 0 bridgehead atoms. The van der Waals surface area contributed by atoms with Crippen LogP contribution in [-0.2, 0) is 0 Å². The van der Waals surface area contributed by atoms with Gasteiger partial charge >= 0.3 is 0 Å². The second kappa shape index (κ2) is 4.58. The predicted octanol–water partition coefficient (Wildman–Crippen LogP) is 2.87. The molecule has 4 heteroatoms. The summed E-state index contributed by atoms with van der Waals surface area (Å²) in [7, 11) is 0. The lowest BCUT2D eigenvalue weighted by molar-refractivity contribution is 0.231. The smallest absolute Gasteiger partial charge is 0.139 e. The van der Waals surface area contributed by atoms with Crippen LogP contribution in [-0.4, -0.2) is 37.1 Å². The van der Waals surface area contributed by atoms with Gasteiger partial charge in [-0.2, -0.15) is 0 Å². The molecule has 0 N–H and O–H groups in total. The fourth-order valence-electron chi connectivity index (χ4n) is 2.91. The standard InChI is InChI=1S/C13H16BrFN2/c14-12-4-3-10(8-13(12)15)17-7-6-16-5-1-2-11(16)9-17/h3-4,8,11H,1-2,5-7,9H2. The molecule has 3 rings (SSSR count). The van der Waals surface area contributed by atoms with Crippen molar-refractivity contribution in [2.24, 2.45) is 0 Å². The maximum atomic E-state index is 13.5. The van der Waals surface area contributed by atoms with Crippen molar-refractivity contribution < 1.29 is 4.39 Å². The van der Waals surface area contributed by atoms with Crippen molar-refractivity contribution in [1.29, 1.82) is 0 Å². The predicted molar refractivity (Wildman–Crippen MR) is 70.9 cm³/mol. The van der Waals surface area contributed by atoms with E-state index < -0.39 is 0 Å². The van der Waals surface area contributed by atoms with Gasteiger partial charge < -0.3 is 4.90 Å². The summed E-state index contributed by atoms with van der Waals surface area (Å²) >= 11 is 3.20. The van der Waals surface area contributed by atoms with Crippen LogP contribution in [0.4, 0.5) is 10.1 Å². The van der Waals surface area contributed by atoms with Crippen LogP contribution in [0.2, 0.25) is 0 Å². The van der Waals surface area contributed by atoms with E-state index in [1.807, 2.05) is 6.07 Å². The van der Waals surface area contributed by atoms with Gasteiger partial charge in [-0.3, -0.25) is 4.90 Å². The third kappa shape index (κ3) is 2.20. The second-order valence-electron chi connectivity index (χ2n) is 4.88. The summed E-state index contributed by atoms with van der Waals surface area (Å²) in [5.41, 5.74) is 1.01. The largest absolute Gasteiger partial charge is 0.369 e. The van der Waals surface area contributed by atoms with Crippen molar-refractivity contribution in [3.05, 3.63) is 28.5 Å². The average molecular weight is 299 g/mol. The first-order valence-corrected chi connectivity index (χ1v) is 6.97. The van der Waals surface area contributed by atoms with Crippen LogP contribution in [0.25, 0.3) is 0 Å².